The Bertz CT molecular complexity index is 825. The van der Waals surface area contributed by atoms with Crippen LogP contribution in [-0.2, 0) is 6.54 Å². The summed E-state index contributed by atoms with van der Waals surface area (Å²) >= 11 is 0. The standard InChI is InChI=1S/C18H21FN4/c1-13-11-18(16-12-15(19)5-6-17(16)21-13)22(3)8-4-9-23-10-7-20-14(23)2/h5-7,10-12H,4,8-9H2,1-3H3. The van der Waals surface area contributed by atoms with Crippen LogP contribution in [0.25, 0.3) is 10.9 Å². The van der Waals surface area contributed by atoms with Crippen LogP contribution >= 0.6 is 0 Å². The molecular weight excluding hydrogens is 291 g/mol. The van der Waals surface area contributed by atoms with Crippen LogP contribution in [0.3, 0.4) is 0 Å². The van der Waals surface area contributed by atoms with Gasteiger partial charge >= 0.3 is 0 Å². The molecule has 0 fully saturated rings. The van der Waals surface area contributed by atoms with Gasteiger partial charge in [0.2, 0.25) is 0 Å². The van der Waals surface area contributed by atoms with E-state index >= 15 is 0 Å². The van der Waals surface area contributed by atoms with Gasteiger partial charge in [-0.3, -0.25) is 4.98 Å². The van der Waals surface area contributed by atoms with Gasteiger partial charge in [-0.2, -0.15) is 0 Å². The molecule has 0 radical (unpaired) electrons. The Hall–Kier alpha value is -2.43. The maximum Gasteiger partial charge on any atom is 0.124 e. The van der Waals surface area contributed by atoms with E-state index in [0.29, 0.717) is 0 Å². The number of pyridine rings is 1. The number of rotatable bonds is 5. The molecule has 0 bridgehead atoms. The van der Waals surface area contributed by atoms with Gasteiger partial charge in [0.15, 0.2) is 0 Å². The van der Waals surface area contributed by atoms with Crippen molar-refractivity contribution in [3.05, 3.63) is 54.0 Å². The molecule has 1 aromatic carbocycles. The number of fused-ring (bicyclic) bond motifs is 1. The molecule has 4 nitrogen and oxygen atoms in total. The van der Waals surface area contributed by atoms with E-state index in [9.17, 15) is 4.39 Å². The van der Waals surface area contributed by atoms with Crippen LogP contribution in [0.2, 0.25) is 0 Å². The second kappa shape index (κ2) is 6.36. The number of hydrogen-bond donors (Lipinski definition) is 0. The molecule has 0 aliphatic carbocycles. The van der Waals surface area contributed by atoms with Crippen molar-refractivity contribution >= 4 is 16.6 Å². The van der Waals surface area contributed by atoms with E-state index in [1.165, 1.54) is 6.07 Å². The number of anilines is 1. The van der Waals surface area contributed by atoms with E-state index in [2.05, 4.69) is 19.4 Å². The van der Waals surface area contributed by atoms with Crippen LogP contribution in [0.5, 0.6) is 0 Å². The Morgan fingerprint density at radius 1 is 1.22 bits per heavy atom. The quantitative estimate of drug-likeness (QED) is 0.720. The van der Waals surface area contributed by atoms with Crippen LogP contribution in [0.15, 0.2) is 36.7 Å². The van der Waals surface area contributed by atoms with Crippen molar-refractivity contribution in [3.8, 4) is 0 Å². The largest absolute Gasteiger partial charge is 0.374 e. The van der Waals surface area contributed by atoms with Gasteiger partial charge in [-0.25, -0.2) is 9.37 Å². The minimum atomic E-state index is -0.230. The first-order valence-electron chi connectivity index (χ1n) is 7.80. The number of hydrogen-bond acceptors (Lipinski definition) is 3. The van der Waals surface area contributed by atoms with Gasteiger partial charge < -0.3 is 9.47 Å². The van der Waals surface area contributed by atoms with E-state index in [-0.39, 0.29) is 5.82 Å². The smallest absolute Gasteiger partial charge is 0.124 e. The summed E-state index contributed by atoms with van der Waals surface area (Å²) in [5, 5.41) is 0.858. The van der Waals surface area contributed by atoms with Crippen molar-refractivity contribution < 1.29 is 4.39 Å². The number of imidazole rings is 1. The van der Waals surface area contributed by atoms with Crippen molar-refractivity contribution in [2.75, 3.05) is 18.5 Å². The molecule has 5 heteroatoms. The molecule has 3 aromatic rings. The number of benzene rings is 1. The predicted octanol–water partition coefficient (Wildman–Crippen LogP) is 3.71. The Morgan fingerprint density at radius 3 is 2.78 bits per heavy atom. The van der Waals surface area contributed by atoms with Crippen molar-refractivity contribution in [2.24, 2.45) is 0 Å². The highest BCUT2D eigenvalue weighted by molar-refractivity contribution is 5.91. The van der Waals surface area contributed by atoms with E-state index in [0.717, 1.165) is 47.6 Å². The Labute approximate surface area is 135 Å². The lowest BCUT2D eigenvalue weighted by Gasteiger charge is -2.22. The van der Waals surface area contributed by atoms with Crippen LogP contribution < -0.4 is 4.90 Å². The number of nitrogens with zero attached hydrogens (tertiary/aromatic N) is 4. The molecule has 0 spiro atoms. The van der Waals surface area contributed by atoms with Crippen molar-refractivity contribution in [1.29, 1.82) is 0 Å². The molecule has 0 saturated carbocycles. The molecule has 0 atom stereocenters. The molecule has 120 valence electrons. The minimum absolute atomic E-state index is 0.230. The Morgan fingerprint density at radius 2 is 2.04 bits per heavy atom. The van der Waals surface area contributed by atoms with E-state index in [1.807, 2.05) is 39.4 Å². The Balaban J connectivity index is 1.78. The molecule has 0 unspecified atom stereocenters. The zero-order valence-corrected chi connectivity index (χ0v) is 13.8. The highest BCUT2D eigenvalue weighted by Crippen LogP contribution is 2.27. The molecule has 2 aromatic heterocycles. The zero-order chi connectivity index (χ0) is 16.4. The van der Waals surface area contributed by atoms with Gasteiger partial charge in [-0.1, -0.05) is 0 Å². The average molecular weight is 312 g/mol. The van der Waals surface area contributed by atoms with E-state index in [4.69, 9.17) is 0 Å². The van der Waals surface area contributed by atoms with Gasteiger partial charge in [0.25, 0.3) is 0 Å². The first kappa shape index (κ1) is 15.5. The molecule has 2 heterocycles. The van der Waals surface area contributed by atoms with Gasteiger partial charge in [-0.05, 0) is 44.5 Å². The summed E-state index contributed by atoms with van der Waals surface area (Å²) in [6.45, 7) is 5.78. The molecule has 0 aliphatic rings. The molecule has 0 aliphatic heterocycles. The van der Waals surface area contributed by atoms with Crippen molar-refractivity contribution in [3.63, 3.8) is 0 Å². The maximum atomic E-state index is 13.6. The normalized spacial score (nSPS) is 11.1. The fourth-order valence-electron chi connectivity index (χ4n) is 2.86. The molecule has 0 N–H and O–H groups in total. The summed E-state index contributed by atoms with van der Waals surface area (Å²) in [7, 11) is 2.04. The topological polar surface area (TPSA) is 34.0 Å². The third kappa shape index (κ3) is 3.33. The van der Waals surface area contributed by atoms with E-state index in [1.54, 1.807) is 12.1 Å². The van der Waals surface area contributed by atoms with Crippen LogP contribution in [-0.4, -0.2) is 28.1 Å². The molecule has 0 amide bonds. The average Bonchev–Trinajstić information content (AvgIpc) is 2.92. The second-order valence-corrected chi connectivity index (χ2v) is 5.89. The number of aryl methyl sites for hydroxylation is 3. The lowest BCUT2D eigenvalue weighted by atomic mass is 10.1. The van der Waals surface area contributed by atoms with Crippen LogP contribution in [0.4, 0.5) is 10.1 Å². The first-order chi connectivity index (χ1) is 11.0. The summed E-state index contributed by atoms with van der Waals surface area (Å²) in [5.41, 5.74) is 2.80. The monoisotopic (exact) mass is 312 g/mol. The minimum Gasteiger partial charge on any atom is -0.374 e. The summed E-state index contributed by atoms with van der Waals surface area (Å²) < 4.78 is 15.7. The predicted molar refractivity (Wildman–Crippen MR) is 91.3 cm³/mol. The van der Waals surface area contributed by atoms with E-state index < -0.39 is 0 Å². The number of halogens is 1. The maximum absolute atomic E-state index is 13.6. The van der Waals surface area contributed by atoms with Crippen molar-refractivity contribution in [2.45, 2.75) is 26.8 Å². The fourth-order valence-corrected chi connectivity index (χ4v) is 2.86. The summed E-state index contributed by atoms with van der Waals surface area (Å²) in [6.07, 6.45) is 4.81. The van der Waals surface area contributed by atoms with Crippen LogP contribution in [0, 0.1) is 19.7 Å². The van der Waals surface area contributed by atoms with Crippen LogP contribution in [0.1, 0.15) is 17.9 Å². The lowest BCUT2D eigenvalue weighted by Crippen LogP contribution is -2.20. The Kier molecular flexibility index (Phi) is 4.28. The summed E-state index contributed by atoms with van der Waals surface area (Å²) in [5.74, 6) is 0.798. The second-order valence-electron chi connectivity index (χ2n) is 5.89. The lowest BCUT2D eigenvalue weighted by molar-refractivity contribution is 0.622. The third-order valence-corrected chi connectivity index (χ3v) is 4.10. The first-order valence-corrected chi connectivity index (χ1v) is 7.80. The zero-order valence-electron chi connectivity index (χ0n) is 13.8. The van der Waals surface area contributed by atoms with Gasteiger partial charge in [0.1, 0.15) is 11.6 Å². The highest BCUT2D eigenvalue weighted by Gasteiger charge is 2.10. The highest BCUT2D eigenvalue weighted by atomic mass is 19.1. The number of aromatic nitrogens is 3. The molecule has 3 rings (SSSR count). The van der Waals surface area contributed by atoms with Gasteiger partial charge in [0.05, 0.1) is 5.52 Å². The fraction of sp³-hybridized carbons (Fsp3) is 0.333. The summed E-state index contributed by atoms with van der Waals surface area (Å²) in [4.78, 5) is 10.9. The summed E-state index contributed by atoms with van der Waals surface area (Å²) in [6, 6.07) is 6.78. The SMILES string of the molecule is Cc1cc(N(C)CCCn2ccnc2C)c2cc(F)ccc2n1. The van der Waals surface area contributed by atoms with Crippen molar-refractivity contribution in [1.82, 2.24) is 14.5 Å². The molecule has 0 saturated heterocycles. The van der Waals surface area contributed by atoms with Gasteiger partial charge in [-0.15, -0.1) is 0 Å². The molecular formula is C18H21FN4. The molecule has 23 heavy (non-hydrogen) atoms. The third-order valence-electron chi connectivity index (χ3n) is 4.10. The van der Waals surface area contributed by atoms with Gasteiger partial charge in [0, 0.05) is 49.3 Å².